The van der Waals surface area contributed by atoms with Crippen LogP contribution in [0.4, 0.5) is 5.69 Å². The molecule has 0 bridgehead atoms. The normalized spacial score (nSPS) is 25.7. The molecule has 0 heterocycles. The number of nitrogens with zero attached hydrogens (tertiary/aromatic N) is 1. The fourth-order valence-corrected chi connectivity index (χ4v) is 7.95. The van der Waals surface area contributed by atoms with Crippen LogP contribution in [0.15, 0.2) is 65.6 Å². The van der Waals surface area contributed by atoms with Gasteiger partial charge in [-0.2, -0.15) is 0 Å². The molecule has 0 radical (unpaired) electrons. The second-order valence-corrected chi connectivity index (χ2v) is 13.1. The molecule has 5 heteroatoms. The maximum Gasteiger partial charge on any atom is 0.264 e. The Morgan fingerprint density at radius 3 is 2.00 bits per heavy atom. The third kappa shape index (κ3) is 5.52. The average molecular weight is 514 g/mol. The third-order valence-corrected chi connectivity index (χ3v) is 10.8. The molecule has 3 rings (SSSR count). The van der Waals surface area contributed by atoms with Crippen LogP contribution in [0.3, 0.4) is 0 Å². The molecule has 4 unspecified atom stereocenters. The summed E-state index contributed by atoms with van der Waals surface area (Å²) >= 11 is 0. The molecule has 2 aromatic rings. The number of sulfonamides is 1. The monoisotopic (exact) mass is 513 g/mol. The summed E-state index contributed by atoms with van der Waals surface area (Å²) in [5.41, 5.74) is 0.431. The summed E-state index contributed by atoms with van der Waals surface area (Å²) in [6.45, 7) is 14.3. The number of hydrogen-bond acceptors (Lipinski definition) is 3. The Hall–Kier alpha value is -1.85. The zero-order chi connectivity index (χ0) is 26.4. The zero-order valence-corrected chi connectivity index (χ0v) is 24.1. The first-order valence-electron chi connectivity index (χ1n) is 13.9. The molecule has 0 saturated heterocycles. The lowest BCUT2D eigenvalue weighted by molar-refractivity contribution is -0.0603. The van der Waals surface area contributed by atoms with E-state index in [4.69, 9.17) is 4.74 Å². The van der Waals surface area contributed by atoms with Gasteiger partial charge in [0.25, 0.3) is 10.0 Å². The Morgan fingerprint density at radius 1 is 0.833 bits per heavy atom. The van der Waals surface area contributed by atoms with E-state index in [1.54, 1.807) is 28.6 Å². The van der Waals surface area contributed by atoms with E-state index in [9.17, 15) is 8.42 Å². The molecule has 2 aromatic carbocycles. The molecule has 4 atom stereocenters. The smallest absolute Gasteiger partial charge is 0.264 e. The van der Waals surface area contributed by atoms with Gasteiger partial charge >= 0.3 is 0 Å². The van der Waals surface area contributed by atoms with Gasteiger partial charge in [-0.05, 0) is 48.4 Å². The van der Waals surface area contributed by atoms with Crippen LogP contribution in [0.25, 0.3) is 0 Å². The molecule has 0 aliphatic heterocycles. The Kier molecular flexibility index (Phi) is 9.68. The van der Waals surface area contributed by atoms with Crippen LogP contribution < -0.4 is 4.31 Å². The van der Waals surface area contributed by atoms with Crippen molar-refractivity contribution in [2.24, 2.45) is 16.7 Å². The van der Waals surface area contributed by atoms with E-state index in [2.05, 4.69) is 41.5 Å². The third-order valence-electron chi connectivity index (χ3n) is 8.96. The molecule has 1 aliphatic rings. The SMILES string of the molecule is CCCCCCCOC1C(N(c2ccccc2)S(=O)(=O)c2ccccc2)C(C)C(C)(C)C1(C)CCC. The molecular weight excluding hydrogens is 466 g/mol. The first-order valence-corrected chi connectivity index (χ1v) is 15.3. The summed E-state index contributed by atoms with van der Waals surface area (Å²) in [4.78, 5) is 0.321. The van der Waals surface area contributed by atoms with Gasteiger partial charge in [-0.25, -0.2) is 8.42 Å². The minimum atomic E-state index is -3.81. The quantitative estimate of drug-likeness (QED) is 0.254. The van der Waals surface area contributed by atoms with Crippen molar-refractivity contribution in [1.82, 2.24) is 0 Å². The van der Waals surface area contributed by atoms with Crippen LogP contribution in [0, 0.1) is 16.7 Å². The first-order chi connectivity index (χ1) is 17.1. The highest BCUT2D eigenvalue weighted by molar-refractivity contribution is 7.92. The predicted molar refractivity (Wildman–Crippen MR) is 151 cm³/mol. The van der Waals surface area contributed by atoms with Crippen molar-refractivity contribution < 1.29 is 13.2 Å². The summed E-state index contributed by atoms with van der Waals surface area (Å²) in [5.74, 6) is 0.0952. The number of ether oxygens (including phenoxy) is 1. The van der Waals surface area contributed by atoms with Gasteiger partial charge in [-0.1, -0.05) is 110 Å². The van der Waals surface area contributed by atoms with Crippen LogP contribution >= 0.6 is 0 Å². The van der Waals surface area contributed by atoms with E-state index in [1.165, 1.54) is 19.3 Å². The van der Waals surface area contributed by atoms with E-state index < -0.39 is 10.0 Å². The Labute approximate surface area is 220 Å². The fourth-order valence-electron chi connectivity index (χ4n) is 6.21. The van der Waals surface area contributed by atoms with Crippen LogP contribution in [0.2, 0.25) is 0 Å². The lowest BCUT2D eigenvalue weighted by atomic mass is 9.63. The van der Waals surface area contributed by atoms with E-state index >= 15 is 0 Å². The Balaban J connectivity index is 2.10. The van der Waals surface area contributed by atoms with E-state index in [-0.39, 0.29) is 28.9 Å². The van der Waals surface area contributed by atoms with Crippen molar-refractivity contribution in [2.45, 2.75) is 104 Å². The molecule has 0 aromatic heterocycles. The molecule has 1 fully saturated rings. The topological polar surface area (TPSA) is 46.6 Å². The average Bonchev–Trinajstić information content (AvgIpc) is 3.00. The van der Waals surface area contributed by atoms with Crippen molar-refractivity contribution in [2.75, 3.05) is 10.9 Å². The Morgan fingerprint density at radius 2 is 1.42 bits per heavy atom. The number of anilines is 1. The number of benzene rings is 2. The van der Waals surface area contributed by atoms with Crippen molar-refractivity contribution in [1.29, 1.82) is 0 Å². The van der Waals surface area contributed by atoms with Gasteiger partial charge < -0.3 is 4.74 Å². The van der Waals surface area contributed by atoms with Crippen molar-refractivity contribution in [3.05, 3.63) is 60.7 Å². The minimum Gasteiger partial charge on any atom is -0.375 e. The van der Waals surface area contributed by atoms with Crippen molar-refractivity contribution in [3.63, 3.8) is 0 Å². The number of unbranched alkanes of at least 4 members (excludes halogenated alkanes) is 4. The highest BCUT2D eigenvalue weighted by atomic mass is 32.2. The standard InChI is InChI=1S/C31H47NO3S/c1-7-9-10-11-18-24-35-29-28(25(3)30(4,5)31(29,6)23-8-2)32(26-19-14-12-15-20-26)36(33,34)27-21-16-13-17-22-27/h12-17,19-22,25,28-29H,7-11,18,23-24H2,1-6H3. The van der Waals surface area contributed by atoms with Crippen LogP contribution in [-0.2, 0) is 14.8 Å². The van der Waals surface area contributed by atoms with E-state index in [1.807, 2.05) is 36.4 Å². The molecule has 1 aliphatic carbocycles. The summed E-state index contributed by atoms with van der Waals surface area (Å²) < 4.78 is 37.1. The number of rotatable bonds is 13. The highest BCUT2D eigenvalue weighted by Crippen LogP contribution is 2.61. The zero-order valence-electron chi connectivity index (χ0n) is 23.2. The van der Waals surface area contributed by atoms with Crippen LogP contribution in [0.5, 0.6) is 0 Å². The van der Waals surface area contributed by atoms with Gasteiger partial charge in [0.05, 0.1) is 22.7 Å². The fraction of sp³-hybridized carbons (Fsp3) is 0.613. The predicted octanol–water partition coefficient (Wildman–Crippen LogP) is 8.09. The largest absolute Gasteiger partial charge is 0.375 e. The van der Waals surface area contributed by atoms with Gasteiger partial charge in [-0.3, -0.25) is 4.31 Å². The van der Waals surface area contributed by atoms with Gasteiger partial charge in [0.1, 0.15) is 0 Å². The second-order valence-electron chi connectivity index (χ2n) is 11.3. The second kappa shape index (κ2) is 12.1. The number of hydrogen-bond donors (Lipinski definition) is 0. The molecular formula is C31H47NO3S. The maximum absolute atomic E-state index is 14.3. The minimum absolute atomic E-state index is 0.0952. The van der Waals surface area contributed by atoms with E-state index in [0.29, 0.717) is 17.2 Å². The van der Waals surface area contributed by atoms with Gasteiger partial charge in [0.2, 0.25) is 0 Å². The van der Waals surface area contributed by atoms with Gasteiger partial charge in [0, 0.05) is 12.0 Å². The molecule has 36 heavy (non-hydrogen) atoms. The lowest BCUT2D eigenvalue weighted by Crippen LogP contribution is -2.51. The van der Waals surface area contributed by atoms with Crippen molar-refractivity contribution in [3.8, 4) is 0 Å². The van der Waals surface area contributed by atoms with E-state index in [0.717, 1.165) is 25.7 Å². The number of para-hydroxylation sites is 1. The first kappa shape index (κ1) is 28.7. The summed E-state index contributed by atoms with van der Waals surface area (Å²) in [7, 11) is -3.81. The van der Waals surface area contributed by atoms with Crippen LogP contribution in [-0.4, -0.2) is 27.2 Å². The molecule has 200 valence electrons. The molecule has 0 spiro atoms. The van der Waals surface area contributed by atoms with Gasteiger partial charge in [-0.15, -0.1) is 0 Å². The maximum atomic E-state index is 14.3. The lowest BCUT2D eigenvalue weighted by Gasteiger charge is -2.43. The van der Waals surface area contributed by atoms with Crippen molar-refractivity contribution >= 4 is 15.7 Å². The summed E-state index contributed by atoms with van der Waals surface area (Å²) in [5, 5.41) is 0. The highest BCUT2D eigenvalue weighted by Gasteiger charge is 2.63. The molecule has 1 saturated carbocycles. The van der Waals surface area contributed by atoms with Gasteiger partial charge in [0.15, 0.2) is 0 Å². The van der Waals surface area contributed by atoms with Crippen LogP contribution in [0.1, 0.15) is 86.5 Å². The molecule has 0 amide bonds. The summed E-state index contributed by atoms with van der Waals surface area (Å²) in [6, 6.07) is 18.1. The molecule has 0 N–H and O–H groups in total. The molecule has 4 nitrogen and oxygen atoms in total. The Bertz CT molecular complexity index is 1040. The summed E-state index contributed by atoms with van der Waals surface area (Å²) in [6.07, 6.45) is 7.68.